The van der Waals surface area contributed by atoms with E-state index in [0.717, 1.165) is 40.6 Å². The molecule has 0 spiro atoms. The molecular weight excluding hydrogens is 392 g/mol. The predicted octanol–water partition coefficient (Wildman–Crippen LogP) is 6.39. The van der Waals surface area contributed by atoms with Crippen molar-refractivity contribution in [2.24, 2.45) is 0 Å². The molecular formula is C25H32O4Si. The second-order valence-corrected chi connectivity index (χ2v) is 10.1. The number of unbranched alkanes of at least 4 members (excludes halogenated alkanes) is 1. The highest BCUT2D eigenvalue weighted by atomic mass is 28.4. The molecule has 0 bridgehead atoms. The van der Waals surface area contributed by atoms with Gasteiger partial charge in [0.05, 0.1) is 0 Å². The fourth-order valence-corrected chi connectivity index (χ4v) is 6.66. The van der Waals surface area contributed by atoms with Gasteiger partial charge in [-0.05, 0) is 67.3 Å². The van der Waals surface area contributed by atoms with Crippen LogP contribution in [-0.2, 0) is 13.3 Å². The zero-order chi connectivity index (χ0) is 21.4. The molecule has 0 saturated heterocycles. The Morgan fingerprint density at radius 2 is 1.37 bits per heavy atom. The first-order valence-corrected chi connectivity index (χ1v) is 12.9. The molecule has 0 amide bonds. The highest BCUT2D eigenvalue weighted by Crippen LogP contribution is 2.27. The van der Waals surface area contributed by atoms with Gasteiger partial charge in [-0.1, -0.05) is 42.5 Å². The summed E-state index contributed by atoms with van der Waals surface area (Å²) in [5.74, 6) is 0.187. The number of carbonyl (C=O) groups is 1. The minimum absolute atomic E-state index is 0.187. The summed E-state index contributed by atoms with van der Waals surface area (Å²) < 4.78 is 17.7. The molecule has 5 heteroatoms. The number of hydrogen-bond donors (Lipinski definition) is 0. The summed E-state index contributed by atoms with van der Waals surface area (Å²) in [7, 11) is -2.63. The van der Waals surface area contributed by atoms with Gasteiger partial charge in [-0.3, -0.25) is 4.79 Å². The number of carbonyl (C=O) groups excluding carboxylic acids is 1. The maximum atomic E-state index is 13.0. The van der Waals surface area contributed by atoms with Crippen molar-refractivity contribution in [2.45, 2.75) is 46.1 Å². The Morgan fingerprint density at radius 3 is 2.00 bits per heavy atom. The summed E-state index contributed by atoms with van der Waals surface area (Å²) in [5.41, 5.74) is 0.807. The molecule has 0 saturated carbocycles. The van der Waals surface area contributed by atoms with Gasteiger partial charge in [0.15, 0.2) is 5.78 Å². The van der Waals surface area contributed by atoms with Crippen molar-refractivity contribution in [3.63, 3.8) is 0 Å². The average molecular weight is 425 g/mol. The molecule has 3 rings (SSSR count). The lowest BCUT2D eigenvalue weighted by molar-refractivity contribution is 0.0703. The highest BCUT2D eigenvalue weighted by molar-refractivity contribution is 6.60. The van der Waals surface area contributed by atoms with Crippen LogP contribution in [0.3, 0.4) is 0 Å². The lowest BCUT2D eigenvalue weighted by atomic mass is 9.96. The summed E-state index contributed by atoms with van der Waals surface area (Å²) in [6.07, 6.45) is 2.16. The lowest BCUT2D eigenvalue weighted by Gasteiger charge is -2.28. The smallest absolute Gasteiger partial charge is 0.374 e. The van der Waals surface area contributed by atoms with Crippen LogP contribution in [-0.4, -0.2) is 34.4 Å². The molecule has 0 fully saturated rings. The van der Waals surface area contributed by atoms with Crippen molar-refractivity contribution in [3.8, 4) is 0 Å². The molecule has 0 aliphatic rings. The van der Waals surface area contributed by atoms with Crippen LogP contribution in [0.2, 0.25) is 6.04 Å². The van der Waals surface area contributed by atoms with Crippen LogP contribution < -0.4 is 0 Å². The molecule has 30 heavy (non-hydrogen) atoms. The monoisotopic (exact) mass is 424 g/mol. The Kier molecular flexibility index (Phi) is 8.16. The van der Waals surface area contributed by atoms with Crippen molar-refractivity contribution in [1.29, 1.82) is 0 Å². The number of rotatable bonds is 12. The van der Waals surface area contributed by atoms with Crippen LogP contribution in [0, 0.1) is 0 Å². The third-order valence-corrected chi connectivity index (χ3v) is 8.43. The topological polar surface area (TPSA) is 44.8 Å². The second-order valence-electron chi connectivity index (χ2n) is 7.34. The van der Waals surface area contributed by atoms with E-state index in [9.17, 15) is 4.79 Å². The van der Waals surface area contributed by atoms with E-state index in [2.05, 4.69) is 30.3 Å². The fraction of sp³-hybridized carbons (Fsp3) is 0.400. The van der Waals surface area contributed by atoms with Gasteiger partial charge in [0.2, 0.25) is 0 Å². The van der Waals surface area contributed by atoms with Gasteiger partial charge >= 0.3 is 8.80 Å². The summed E-state index contributed by atoms with van der Waals surface area (Å²) in [6.45, 7) is 7.63. The van der Waals surface area contributed by atoms with Crippen LogP contribution in [0.25, 0.3) is 21.5 Å². The van der Waals surface area contributed by atoms with Gasteiger partial charge in [0, 0.05) is 37.8 Å². The van der Waals surface area contributed by atoms with Gasteiger partial charge in [-0.15, -0.1) is 0 Å². The van der Waals surface area contributed by atoms with Gasteiger partial charge in [-0.25, -0.2) is 0 Å². The molecule has 3 aromatic rings. The second kappa shape index (κ2) is 10.8. The summed E-state index contributed by atoms with van der Waals surface area (Å²) in [5, 5.41) is 4.49. The molecule has 4 nitrogen and oxygen atoms in total. The van der Waals surface area contributed by atoms with E-state index in [1.54, 1.807) is 0 Å². The maximum Gasteiger partial charge on any atom is 0.500 e. The fourth-order valence-electron chi connectivity index (χ4n) is 3.97. The molecule has 0 heterocycles. The normalized spacial score (nSPS) is 12.0. The van der Waals surface area contributed by atoms with E-state index in [-0.39, 0.29) is 5.78 Å². The summed E-state index contributed by atoms with van der Waals surface area (Å²) in [4.78, 5) is 13.0. The minimum Gasteiger partial charge on any atom is -0.374 e. The van der Waals surface area contributed by atoms with E-state index in [0.29, 0.717) is 26.2 Å². The van der Waals surface area contributed by atoms with Gasteiger partial charge in [0.1, 0.15) is 0 Å². The van der Waals surface area contributed by atoms with Crippen molar-refractivity contribution in [3.05, 3.63) is 60.2 Å². The SMILES string of the molecule is CCO[Si](CCCCC(=O)c1cccc2cc3ccccc3cc12)(OCC)OCC. The van der Waals surface area contributed by atoms with Gasteiger partial charge in [-0.2, -0.15) is 0 Å². The Labute approximate surface area is 180 Å². The molecule has 0 atom stereocenters. The standard InChI is InChI=1S/C25H32O4Si/c1-4-27-30(28-5-2,29-6-3)17-10-9-16-25(26)23-15-11-14-22-18-20-12-7-8-13-21(20)19-24(22)23/h7-8,11-15,18-19H,4-6,9-10,16-17H2,1-3H3. The van der Waals surface area contributed by atoms with Gasteiger partial charge < -0.3 is 13.3 Å². The van der Waals surface area contributed by atoms with Crippen molar-refractivity contribution >= 4 is 36.1 Å². The minimum atomic E-state index is -2.63. The molecule has 160 valence electrons. The third-order valence-electron chi connectivity index (χ3n) is 5.28. The molecule has 3 aromatic carbocycles. The van der Waals surface area contributed by atoms with Crippen LogP contribution in [0.5, 0.6) is 0 Å². The predicted molar refractivity (Wildman–Crippen MR) is 125 cm³/mol. The Bertz CT molecular complexity index is 968. The molecule has 0 radical (unpaired) electrons. The van der Waals surface area contributed by atoms with Crippen molar-refractivity contribution in [2.75, 3.05) is 19.8 Å². The van der Waals surface area contributed by atoms with Crippen LogP contribution in [0.1, 0.15) is 50.4 Å². The number of benzene rings is 3. The van der Waals surface area contributed by atoms with E-state index >= 15 is 0 Å². The molecule has 0 aliphatic carbocycles. The van der Waals surface area contributed by atoms with E-state index in [4.69, 9.17) is 13.3 Å². The Balaban J connectivity index is 1.69. The zero-order valence-corrected chi connectivity index (χ0v) is 19.3. The largest absolute Gasteiger partial charge is 0.500 e. The quantitative estimate of drug-likeness (QED) is 0.146. The van der Waals surface area contributed by atoms with Crippen molar-refractivity contribution in [1.82, 2.24) is 0 Å². The first kappa shape index (κ1) is 22.6. The molecule has 0 unspecified atom stereocenters. The number of ketones is 1. The Hall–Kier alpha value is -2.05. The van der Waals surface area contributed by atoms with Crippen LogP contribution in [0.4, 0.5) is 0 Å². The Morgan fingerprint density at radius 1 is 0.767 bits per heavy atom. The maximum absolute atomic E-state index is 13.0. The van der Waals surface area contributed by atoms with E-state index in [1.807, 2.05) is 45.0 Å². The summed E-state index contributed by atoms with van der Waals surface area (Å²) in [6, 6.07) is 19.3. The first-order valence-electron chi connectivity index (χ1n) is 11.0. The third kappa shape index (κ3) is 5.35. The highest BCUT2D eigenvalue weighted by Gasteiger charge is 2.39. The van der Waals surface area contributed by atoms with Crippen molar-refractivity contribution < 1.29 is 18.1 Å². The average Bonchev–Trinajstić information content (AvgIpc) is 2.75. The first-order chi connectivity index (χ1) is 14.6. The van der Waals surface area contributed by atoms with E-state index in [1.165, 1.54) is 5.39 Å². The van der Waals surface area contributed by atoms with Crippen LogP contribution >= 0.6 is 0 Å². The molecule has 0 aliphatic heterocycles. The molecule has 0 N–H and O–H groups in total. The number of hydrogen-bond acceptors (Lipinski definition) is 4. The van der Waals surface area contributed by atoms with E-state index < -0.39 is 8.80 Å². The summed E-state index contributed by atoms with van der Waals surface area (Å²) >= 11 is 0. The molecule has 0 aromatic heterocycles. The number of Topliss-reactive ketones (excluding diaryl/α,β-unsaturated/α-hetero) is 1. The lowest BCUT2D eigenvalue weighted by Crippen LogP contribution is -2.45. The van der Waals surface area contributed by atoms with Gasteiger partial charge in [0.25, 0.3) is 0 Å². The number of fused-ring (bicyclic) bond motifs is 2. The zero-order valence-electron chi connectivity index (χ0n) is 18.3. The van der Waals surface area contributed by atoms with Crippen LogP contribution in [0.15, 0.2) is 54.6 Å².